The molecule has 0 atom stereocenters. The van der Waals surface area contributed by atoms with Crippen LogP contribution in [0.4, 0.5) is 0 Å². The number of carboxylic acids is 1. The average molecular weight is 176 g/mol. The van der Waals surface area contributed by atoms with Crippen LogP contribution in [0.15, 0.2) is 0 Å². The van der Waals surface area contributed by atoms with Gasteiger partial charge in [0.2, 0.25) is 0 Å². The number of carbonyl (C=O) groups excluding carboxylic acids is 1. The molecule has 0 saturated heterocycles. The zero-order valence-electron chi connectivity index (χ0n) is 6.64. The normalized spacial score (nSPS) is 10.7. The van der Waals surface area contributed by atoms with Crippen molar-refractivity contribution < 1.29 is 29.4 Å². The Kier molecular flexibility index (Phi) is 3.23. The van der Waals surface area contributed by atoms with E-state index in [9.17, 15) is 9.59 Å². The van der Waals surface area contributed by atoms with Gasteiger partial charge in [0.25, 0.3) is 0 Å². The maximum absolute atomic E-state index is 10.8. The van der Waals surface area contributed by atoms with Crippen LogP contribution in [-0.2, 0) is 14.2 Å². The maximum atomic E-state index is 10.8. The molecule has 0 rings (SSSR count). The van der Waals surface area contributed by atoms with Gasteiger partial charge in [-0.3, -0.25) is 9.59 Å². The highest BCUT2D eigenvalue weighted by atomic mass is 16.6. The van der Waals surface area contributed by atoms with Crippen molar-refractivity contribution in [2.24, 2.45) is 5.41 Å². The summed E-state index contributed by atoms with van der Waals surface area (Å²) in [5, 5.41) is 24.8. The lowest BCUT2D eigenvalue weighted by molar-refractivity contribution is -0.161. The van der Waals surface area contributed by atoms with E-state index < -0.39 is 24.7 Å². The van der Waals surface area contributed by atoms with Crippen molar-refractivity contribution >= 4 is 19.3 Å². The number of hydrogen-bond acceptors (Lipinski definition) is 5. The van der Waals surface area contributed by atoms with E-state index in [4.69, 9.17) is 15.2 Å². The molecule has 0 amide bonds. The largest absolute Gasteiger partial charge is 0.709 e. The minimum Gasteiger partial charge on any atom is -0.484 e. The second-order valence-electron chi connectivity index (χ2n) is 2.66. The quantitative estimate of drug-likeness (QED) is 0.361. The van der Waals surface area contributed by atoms with Gasteiger partial charge in [-0.15, -0.1) is 0 Å². The number of aliphatic carboxylic acids is 1. The van der Waals surface area contributed by atoms with Crippen LogP contribution in [0, 0.1) is 5.41 Å². The van der Waals surface area contributed by atoms with Crippen LogP contribution < -0.4 is 0 Å². The van der Waals surface area contributed by atoms with Gasteiger partial charge in [0.1, 0.15) is 0 Å². The van der Waals surface area contributed by atoms with Crippen LogP contribution in [-0.4, -0.2) is 34.4 Å². The second kappa shape index (κ2) is 3.55. The van der Waals surface area contributed by atoms with Crippen LogP contribution in [0.2, 0.25) is 0 Å². The molecule has 0 bridgehead atoms. The van der Waals surface area contributed by atoms with Gasteiger partial charge < -0.3 is 19.8 Å². The molecule has 0 fully saturated rings. The molecule has 0 aromatic carbocycles. The van der Waals surface area contributed by atoms with Gasteiger partial charge in [0, 0.05) is 0 Å². The van der Waals surface area contributed by atoms with Crippen molar-refractivity contribution in [1.82, 2.24) is 0 Å². The molecular formula is C5H9BO6. The number of rotatable bonds is 3. The summed E-state index contributed by atoms with van der Waals surface area (Å²) in [5.74, 6) is -2.60. The van der Waals surface area contributed by atoms with E-state index in [0.717, 1.165) is 13.8 Å². The van der Waals surface area contributed by atoms with Gasteiger partial charge in [-0.2, -0.15) is 0 Å². The summed E-state index contributed by atoms with van der Waals surface area (Å²) in [6, 6.07) is 0. The average Bonchev–Trinajstić information content (AvgIpc) is 1.85. The Morgan fingerprint density at radius 3 is 2.00 bits per heavy atom. The molecule has 0 aliphatic heterocycles. The summed E-state index contributed by atoms with van der Waals surface area (Å²) in [6.07, 6.45) is 0. The van der Waals surface area contributed by atoms with Gasteiger partial charge >= 0.3 is 19.3 Å². The Bertz CT molecular complexity index is 198. The van der Waals surface area contributed by atoms with E-state index in [1.807, 2.05) is 0 Å². The SMILES string of the molecule is CC(C)(C(=O)O)C(=O)OB(O)O. The predicted molar refractivity (Wildman–Crippen MR) is 37.7 cm³/mol. The maximum Gasteiger partial charge on any atom is 0.709 e. The first kappa shape index (κ1) is 10.9. The molecule has 7 heteroatoms. The van der Waals surface area contributed by atoms with Gasteiger partial charge in [0.15, 0.2) is 5.41 Å². The van der Waals surface area contributed by atoms with Gasteiger partial charge in [-0.25, -0.2) is 0 Å². The fourth-order valence-electron chi connectivity index (χ4n) is 0.330. The van der Waals surface area contributed by atoms with Crippen molar-refractivity contribution in [1.29, 1.82) is 0 Å². The Morgan fingerprint density at radius 1 is 1.33 bits per heavy atom. The number of carbonyl (C=O) groups is 2. The monoisotopic (exact) mass is 176 g/mol. The molecule has 0 aliphatic rings. The predicted octanol–water partition coefficient (Wildman–Crippen LogP) is -1.39. The molecule has 0 heterocycles. The molecule has 3 N–H and O–H groups in total. The molecule has 0 spiro atoms. The van der Waals surface area contributed by atoms with Gasteiger partial charge in [0.05, 0.1) is 0 Å². The molecule has 68 valence electrons. The zero-order chi connectivity index (χ0) is 9.94. The lowest BCUT2D eigenvalue weighted by Crippen LogP contribution is -2.38. The summed E-state index contributed by atoms with van der Waals surface area (Å²) in [7, 11) is -2.28. The van der Waals surface area contributed by atoms with Crippen molar-refractivity contribution in [3.8, 4) is 0 Å². The van der Waals surface area contributed by atoms with E-state index in [0.29, 0.717) is 0 Å². The summed E-state index contributed by atoms with van der Waals surface area (Å²) < 4.78 is 3.87. The third kappa shape index (κ3) is 2.52. The minimum absolute atomic E-state index is 1.10. The Balaban J connectivity index is 4.36. The Morgan fingerprint density at radius 2 is 1.75 bits per heavy atom. The van der Waals surface area contributed by atoms with Crippen LogP contribution in [0.25, 0.3) is 0 Å². The molecule has 0 aliphatic carbocycles. The van der Waals surface area contributed by atoms with Gasteiger partial charge in [-0.1, -0.05) is 0 Å². The second-order valence-corrected chi connectivity index (χ2v) is 2.66. The highest BCUT2D eigenvalue weighted by molar-refractivity contribution is 6.36. The fourth-order valence-corrected chi connectivity index (χ4v) is 0.330. The van der Waals surface area contributed by atoms with Crippen molar-refractivity contribution in [2.45, 2.75) is 13.8 Å². The van der Waals surface area contributed by atoms with E-state index in [-0.39, 0.29) is 0 Å². The molecular weight excluding hydrogens is 167 g/mol. The highest BCUT2D eigenvalue weighted by Crippen LogP contribution is 2.17. The van der Waals surface area contributed by atoms with Crippen molar-refractivity contribution in [3.05, 3.63) is 0 Å². The third-order valence-corrected chi connectivity index (χ3v) is 1.26. The summed E-state index contributed by atoms with van der Waals surface area (Å²) in [6.45, 7) is 2.19. The lowest BCUT2D eigenvalue weighted by Gasteiger charge is -2.16. The molecule has 0 aromatic rings. The van der Waals surface area contributed by atoms with Crippen molar-refractivity contribution in [2.75, 3.05) is 0 Å². The first-order chi connectivity index (χ1) is 5.28. The molecule has 0 radical (unpaired) electrons. The van der Waals surface area contributed by atoms with Gasteiger partial charge in [-0.05, 0) is 13.8 Å². The standard InChI is InChI=1S/C5H9BO6/c1-5(2,3(7)8)4(9)12-6(10)11/h10-11H,1-2H3,(H,7,8). The molecule has 0 unspecified atom stereocenters. The molecule has 12 heavy (non-hydrogen) atoms. The van der Waals surface area contributed by atoms with Crippen molar-refractivity contribution in [3.63, 3.8) is 0 Å². The van der Waals surface area contributed by atoms with E-state index in [1.54, 1.807) is 0 Å². The topological polar surface area (TPSA) is 104 Å². The molecule has 6 nitrogen and oxygen atoms in total. The van der Waals surface area contributed by atoms with Crippen LogP contribution >= 0.6 is 0 Å². The smallest absolute Gasteiger partial charge is 0.484 e. The zero-order valence-corrected chi connectivity index (χ0v) is 6.64. The third-order valence-electron chi connectivity index (χ3n) is 1.26. The Hall–Kier alpha value is -1.08. The number of carboxylic acid groups (broad SMARTS) is 1. The summed E-state index contributed by atoms with van der Waals surface area (Å²) in [4.78, 5) is 21.2. The van der Waals surface area contributed by atoms with Crippen LogP contribution in [0.3, 0.4) is 0 Å². The van der Waals surface area contributed by atoms with Crippen LogP contribution in [0.1, 0.15) is 13.8 Å². The van der Waals surface area contributed by atoms with E-state index in [1.165, 1.54) is 0 Å². The summed E-state index contributed by atoms with van der Waals surface area (Å²) in [5.41, 5.74) is -1.77. The van der Waals surface area contributed by atoms with E-state index in [2.05, 4.69) is 4.65 Å². The first-order valence-electron chi connectivity index (χ1n) is 3.09. The highest BCUT2D eigenvalue weighted by Gasteiger charge is 2.39. The van der Waals surface area contributed by atoms with E-state index >= 15 is 0 Å². The molecule has 0 aromatic heterocycles. The summed E-state index contributed by atoms with van der Waals surface area (Å²) >= 11 is 0. The lowest BCUT2D eigenvalue weighted by atomic mass is 9.94. The fraction of sp³-hybridized carbons (Fsp3) is 0.600. The minimum atomic E-state index is -2.28. The molecule has 0 saturated carbocycles. The van der Waals surface area contributed by atoms with Crippen LogP contribution in [0.5, 0.6) is 0 Å². The number of hydrogen-bond donors (Lipinski definition) is 3. The Labute approximate surface area is 68.9 Å². The first-order valence-corrected chi connectivity index (χ1v) is 3.09.